The number of hydrogen-bond acceptors (Lipinski definition) is 9. The number of aliphatic hydroxyl groups is 1. The maximum atomic E-state index is 12.7. The molecule has 10 nitrogen and oxygen atoms in total. The fourth-order valence-electron chi connectivity index (χ4n) is 3.54. The lowest BCUT2D eigenvalue weighted by atomic mass is 10.0. The molecule has 1 saturated heterocycles. The van der Waals surface area contributed by atoms with Crippen LogP contribution in [0.25, 0.3) is 0 Å². The van der Waals surface area contributed by atoms with Gasteiger partial charge >= 0.3 is 5.97 Å². The van der Waals surface area contributed by atoms with Gasteiger partial charge in [0.05, 0.1) is 36.7 Å². The molecule has 1 aliphatic heterocycles. The number of aromatic amines is 1. The molecular formula is C20H28ClN5O5S. The third-order valence-corrected chi connectivity index (χ3v) is 6.57. The van der Waals surface area contributed by atoms with Crippen molar-refractivity contribution in [2.45, 2.75) is 52.4 Å². The van der Waals surface area contributed by atoms with Crippen molar-refractivity contribution < 1.29 is 24.2 Å². The van der Waals surface area contributed by atoms with Gasteiger partial charge in [-0.3, -0.25) is 4.79 Å². The van der Waals surface area contributed by atoms with Gasteiger partial charge in [0, 0.05) is 19.7 Å². The van der Waals surface area contributed by atoms with Crippen LogP contribution < -0.4 is 10.2 Å². The minimum atomic E-state index is -0.493. The van der Waals surface area contributed by atoms with Gasteiger partial charge in [0.25, 0.3) is 5.91 Å². The van der Waals surface area contributed by atoms with E-state index in [0.717, 1.165) is 0 Å². The Morgan fingerprint density at radius 1 is 1.31 bits per heavy atom. The number of piperidine rings is 1. The molecule has 3 rings (SSSR count). The van der Waals surface area contributed by atoms with Crippen LogP contribution in [0.3, 0.4) is 0 Å². The van der Waals surface area contributed by atoms with E-state index in [1.165, 1.54) is 11.3 Å². The second kappa shape index (κ2) is 11.1. The molecule has 176 valence electrons. The van der Waals surface area contributed by atoms with Crippen LogP contribution in [0.2, 0.25) is 5.15 Å². The van der Waals surface area contributed by atoms with Gasteiger partial charge in [-0.15, -0.1) is 0 Å². The van der Waals surface area contributed by atoms with E-state index in [0.29, 0.717) is 59.1 Å². The number of rotatable bonds is 9. The number of nitrogens with one attached hydrogen (secondary N) is 2. The second-order valence-corrected chi connectivity index (χ2v) is 8.50. The maximum absolute atomic E-state index is 12.7. The summed E-state index contributed by atoms with van der Waals surface area (Å²) in [5.74, 6) is -0.653. The number of imidazole rings is 1. The smallest absolute Gasteiger partial charge is 0.350 e. The first-order valence-corrected chi connectivity index (χ1v) is 11.8. The Morgan fingerprint density at radius 3 is 2.72 bits per heavy atom. The number of halogens is 1. The Kier molecular flexibility index (Phi) is 8.46. The number of nitrogens with zero attached hydrogens (tertiary/aromatic N) is 3. The van der Waals surface area contributed by atoms with E-state index in [9.17, 15) is 14.7 Å². The van der Waals surface area contributed by atoms with Crippen LogP contribution >= 0.6 is 22.9 Å². The standard InChI is InChI=1S/C20H28ClN5O5S/c1-4-11-16(21)25-17(22-11)18(28)23-12-7-8-26(9-14(12)30-5-2)20-24-13(10-27)15(32-20)19(29)31-6-3/h12,14,27H,4-10H2,1-3H3,(H,22,25)(H,23,28). The molecule has 0 aliphatic carbocycles. The van der Waals surface area contributed by atoms with Crippen LogP contribution in [0, 0.1) is 0 Å². The Balaban J connectivity index is 1.72. The average molecular weight is 486 g/mol. The van der Waals surface area contributed by atoms with Crippen molar-refractivity contribution in [2.24, 2.45) is 0 Å². The molecule has 1 fully saturated rings. The fourth-order valence-corrected chi connectivity index (χ4v) is 4.81. The first kappa shape index (κ1) is 24.4. The van der Waals surface area contributed by atoms with Gasteiger partial charge in [-0.25, -0.2) is 14.8 Å². The van der Waals surface area contributed by atoms with Crippen molar-refractivity contribution in [1.82, 2.24) is 20.3 Å². The molecule has 3 heterocycles. The minimum Gasteiger partial charge on any atom is -0.462 e. The lowest BCUT2D eigenvalue weighted by Gasteiger charge is -2.38. The van der Waals surface area contributed by atoms with Gasteiger partial charge in [-0.05, 0) is 26.7 Å². The van der Waals surface area contributed by atoms with E-state index in [-0.39, 0.29) is 37.1 Å². The van der Waals surface area contributed by atoms with Gasteiger partial charge < -0.3 is 29.8 Å². The van der Waals surface area contributed by atoms with E-state index in [2.05, 4.69) is 20.3 Å². The van der Waals surface area contributed by atoms with Crippen LogP contribution in [0.15, 0.2) is 0 Å². The van der Waals surface area contributed by atoms with E-state index in [1.54, 1.807) is 6.92 Å². The summed E-state index contributed by atoms with van der Waals surface area (Å²) in [4.78, 5) is 38.7. The quantitative estimate of drug-likeness (QED) is 0.461. The number of aromatic nitrogens is 3. The molecule has 1 aliphatic rings. The molecule has 2 unspecified atom stereocenters. The highest BCUT2D eigenvalue weighted by atomic mass is 35.5. The largest absolute Gasteiger partial charge is 0.462 e. The van der Waals surface area contributed by atoms with Gasteiger partial charge in [-0.1, -0.05) is 29.9 Å². The molecule has 1 amide bonds. The van der Waals surface area contributed by atoms with Crippen LogP contribution in [0.5, 0.6) is 0 Å². The zero-order valence-electron chi connectivity index (χ0n) is 18.3. The number of amides is 1. The molecule has 3 N–H and O–H groups in total. The molecule has 0 spiro atoms. The number of carbonyl (C=O) groups excluding carboxylic acids is 2. The van der Waals surface area contributed by atoms with Gasteiger partial charge in [0.15, 0.2) is 16.1 Å². The molecule has 12 heteroatoms. The summed E-state index contributed by atoms with van der Waals surface area (Å²) in [6, 6.07) is -0.227. The topological polar surface area (TPSA) is 130 Å². The molecule has 2 atom stereocenters. The maximum Gasteiger partial charge on any atom is 0.350 e. The van der Waals surface area contributed by atoms with Crippen molar-refractivity contribution in [2.75, 3.05) is 31.2 Å². The minimum absolute atomic E-state index is 0.177. The second-order valence-electron chi connectivity index (χ2n) is 7.17. The highest BCUT2D eigenvalue weighted by Gasteiger charge is 2.34. The van der Waals surface area contributed by atoms with Gasteiger partial charge in [0.2, 0.25) is 0 Å². The summed E-state index contributed by atoms with van der Waals surface area (Å²) in [7, 11) is 0. The fraction of sp³-hybridized carbons (Fsp3) is 0.600. The summed E-state index contributed by atoms with van der Waals surface area (Å²) in [6.45, 7) is 6.98. The molecule has 0 radical (unpaired) electrons. The number of aryl methyl sites for hydroxylation is 1. The SMILES string of the molecule is CCOC(=O)c1sc(N2CCC(NC(=O)c3nc(Cl)c(CC)[nH]3)C(OCC)C2)nc1CO. The van der Waals surface area contributed by atoms with Gasteiger partial charge in [-0.2, -0.15) is 0 Å². The average Bonchev–Trinajstić information content (AvgIpc) is 3.38. The van der Waals surface area contributed by atoms with Crippen LogP contribution in [0.4, 0.5) is 5.13 Å². The first-order chi connectivity index (χ1) is 15.4. The summed E-state index contributed by atoms with van der Waals surface area (Å²) in [6.07, 6.45) is 0.964. The van der Waals surface area contributed by atoms with Crippen molar-refractivity contribution >= 4 is 39.9 Å². The van der Waals surface area contributed by atoms with E-state index in [4.69, 9.17) is 21.1 Å². The first-order valence-electron chi connectivity index (χ1n) is 10.6. The predicted molar refractivity (Wildman–Crippen MR) is 120 cm³/mol. The van der Waals surface area contributed by atoms with Crippen molar-refractivity contribution in [3.63, 3.8) is 0 Å². The summed E-state index contributed by atoms with van der Waals surface area (Å²) in [5, 5.41) is 13.5. The highest BCUT2D eigenvalue weighted by Crippen LogP contribution is 2.30. The number of aliphatic hydroxyl groups excluding tert-OH is 1. The number of hydrogen-bond donors (Lipinski definition) is 3. The summed E-state index contributed by atoms with van der Waals surface area (Å²) < 4.78 is 11.0. The zero-order chi connectivity index (χ0) is 23.3. The highest BCUT2D eigenvalue weighted by molar-refractivity contribution is 7.17. The molecule has 2 aromatic rings. The lowest BCUT2D eigenvalue weighted by Crippen LogP contribution is -2.55. The third kappa shape index (κ3) is 5.40. The zero-order valence-corrected chi connectivity index (χ0v) is 19.9. The molecule has 0 aromatic carbocycles. The van der Waals surface area contributed by atoms with Crippen LogP contribution in [-0.2, 0) is 22.5 Å². The number of esters is 1. The number of carbonyl (C=O) groups is 2. The third-order valence-electron chi connectivity index (χ3n) is 5.12. The number of ether oxygens (including phenoxy) is 2. The molecular weight excluding hydrogens is 458 g/mol. The van der Waals surface area contributed by atoms with E-state index < -0.39 is 5.97 Å². The molecule has 0 bridgehead atoms. The molecule has 32 heavy (non-hydrogen) atoms. The molecule has 0 saturated carbocycles. The van der Waals surface area contributed by atoms with E-state index >= 15 is 0 Å². The number of H-pyrrole nitrogens is 1. The van der Waals surface area contributed by atoms with Crippen molar-refractivity contribution in [3.8, 4) is 0 Å². The molecule has 2 aromatic heterocycles. The normalized spacial score (nSPS) is 18.6. The van der Waals surface area contributed by atoms with Crippen LogP contribution in [-0.4, -0.2) is 70.4 Å². The lowest BCUT2D eigenvalue weighted by molar-refractivity contribution is 0.0271. The summed E-state index contributed by atoms with van der Waals surface area (Å²) >= 11 is 7.24. The van der Waals surface area contributed by atoms with E-state index in [1.807, 2.05) is 18.7 Å². The monoisotopic (exact) mass is 485 g/mol. The Morgan fingerprint density at radius 2 is 2.09 bits per heavy atom. The Labute approximate surface area is 195 Å². The Bertz CT molecular complexity index is 949. The predicted octanol–water partition coefficient (Wildman–Crippen LogP) is 2.16. The van der Waals surface area contributed by atoms with Crippen molar-refractivity contribution in [3.05, 3.63) is 27.2 Å². The van der Waals surface area contributed by atoms with Crippen LogP contribution in [0.1, 0.15) is 58.9 Å². The number of thiazole rings is 1. The van der Waals surface area contributed by atoms with Crippen molar-refractivity contribution in [1.29, 1.82) is 0 Å². The number of anilines is 1. The summed E-state index contributed by atoms with van der Waals surface area (Å²) in [5.41, 5.74) is 1.02. The van der Waals surface area contributed by atoms with Gasteiger partial charge in [0.1, 0.15) is 4.88 Å². The Hall–Kier alpha value is -2.21.